The largest absolute Gasteiger partial charge is 0.383 e. The number of rotatable bonds is 4. The van der Waals surface area contributed by atoms with Crippen molar-refractivity contribution in [3.63, 3.8) is 0 Å². The Balaban J connectivity index is 1.79. The number of anilines is 1. The SMILES string of the molecule is CC1CCC(C)N(CCNc2ccccc2Cl)C1. The summed E-state index contributed by atoms with van der Waals surface area (Å²) < 4.78 is 0. The second-order valence-electron chi connectivity index (χ2n) is 5.43. The molecule has 0 aliphatic carbocycles. The maximum atomic E-state index is 6.12. The molecule has 0 amide bonds. The van der Waals surface area contributed by atoms with Gasteiger partial charge in [-0.2, -0.15) is 0 Å². The van der Waals surface area contributed by atoms with Crippen LogP contribution in [-0.4, -0.2) is 30.6 Å². The molecule has 2 nitrogen and oxygen atoms in total. The molecule has 1 fully saturated rings. The van der Waals surface area contributed by atoms with E-state index in [9.17, 15) is 0 Å². The third-order valence-corrected chi connectivity index (χ3v) is 4.16. The summed E-state index contributed by atoms with van der Waals surface area (Å²) in [4.78, 5) is 2.58. The van der Waals surface area contributed by atoms with Crippen LogP contribution in [0.25, 0.3) is 0 Å². The van der Waals surface area contributed by atoms with Gasteiger partial charge in [0.05, 0.1) is 10.7 Å². The zero-order valence-corrected chi connectivity index (χ0v) is 12.1. The van der Waals surface area contributed by atoms with Crippen molar-refractivity contribution in [1.29, 1.82) is 0 Å². The van der Waals surface area contributed by atoms with Crippen LogP contribution in [0, 0.1) is 5.92 Å². The third kappa shape index (κ3) is 3.63. The summed E-state index contributed by atoms with van der Waals surface area (Å²) in [6, 6.07) is 8.65. The molecule has 1 heterocycles. The molecule has 1 aromatic carbocycles. The molecule has 0 spiro atoms. The number of para-hydroxylation sites is 1. The van der Waals surface area contributed by atoms with Gasteiger partial charge in [-0.3, -0.25) is 4.90 Å². The van der Waals surface area contributed by atoms with Crippen molar-refractivity contribution in [2.45, 2.75) is 32.7 Å². The van der Waals surface area contributed by atoms with Gasteiger partial charge in [0.1, 0.15) is 0 Å². The number of nitrogens with zero attached hydrogens (tertiary/aromatic N) is 1. The monoisotopic (exact) mass is 266 g/mol. The Labute approximate surface area is 115 Å². The quantitative estimate of drug-likeness (QED) is 0.890. The van der Waals surface area contributed by atoms with Crippen LogP contribution < -0.4 is 5.32 Å². The van der Waals surface area contributed by atoms with Gasteiger partial charge in [0.2, 0.25) is 0 Å². The van der Waals surface area contributed by atoms with E-state index in [0.29, 0.717) is 6.04 Å². The molecule has 1 saturated heterocycles. The Morgan fingerprint density at radius 1 is 1.28 bits per heavy atom. The molecule has 0 radical (unpaired) electrons. The molecule has 1 aromatic rings. The minimum Gasteiger partial charge on any atom is -0.383 e. The molecule has 3 heteroatoms. The summed E-state index contributed by atoms with van der Waals surface area (Å²) in [5.74, 6) is 0.835. The van der Waals surface area contributed by atoms with Crippen molar-refractivity contribution < 1.29 is 0 Å². The van der Waals surface area contributed by atoms with Gasteiger partial charge in [-0.05, 0) is 37.8 Å². The first-order valence-corrected chi connectivity index (χ1v) is 7.27. The number of benzene rings is 1. The Kier molecular flexibility index (Phi) is 4.90. The molecule has 1 aliphatic heterocycles. The van der Waals surface area contributed by atoms with E-state index in [1.54, 1.807) is 0 Å². The lowest BCUT2D eigenvalue weighted by atomic mass is 9.95. The lowest BCUT2D eigenvalue weighted by molar-refractivity contribution is 0.130. The van der Waals surface area contributed by atoms with Gasteiger partial charge >= 0.3 is 0 Å². The fraction of sp³-hybridized carbons (Fsp3) is 0.600. The van der Waals surface area contributed by atoms with Crippen molar-refractivity contribution in [1.82, 2.24) is 4.90 Å². The topological polar surface area (TPSA) is 15.3 Å². The van der Waals surface area contributed by atoms with E-state index in [0.717, 1.165) is 29.7 Å². The molecule has 18 heavy (non-hydrogen) atoms. The van der Waals surface area contributed by atoms with Crippen molar-refractivity contribution in [3.8, 4) is 0 Å². The molecular formula is C15H23ClN2. The predicted molar refractivity (Wildman–Crippen MR) is 79.4 cm³/mol. The van der Waals surface area contributed by atoms with Crippen molar-refractivity contribution in [3.05, 3.63) is 29.3 Å². The van der Waals surface area contributed by atoms with Gasteiger partial charge in [0.25, 0.3) is 0 Å². The first-order valence-electron chi connectivity index (χ1n) is 6.89. The van der Waals surface area contributed by atoms with Crippen molar-refractivity contribution in [2.75, 3.05) is 25.0 Å². The van der Waals surface area contributed by atoms with E-state index in [-0.39, 0.29) is 0 Å². The Hall–Kier alpha value is -0.730. The van der Waals surface area contributed by atoms with Crippen LogP contribution in [0.3, 0.4) is 0 Å². The number of piperidine rings is 1. The van der Waals surface area contributed by atoms with Gasteiger partial charge in [-0.15, -0.1) is 0 Å². The average molecular weight is 267 g/mol. The molecule has 0 aromatic heterocycles. The van der Waals surface area contributed by atoms with Crippen LogP contribution in [0.1, 0.15) is 26.7 Å². The maximum Gasteiger partial charge on any atom is 0.0637 e. The zero-order chi connectivity index (χ0) is 13.0. The molecule has 1 aliphatic rings. The smallest absolute Gasteiger partial charge is 0.0637 e. The second kappa shape index (κ2) is 6.44. The lowest BCUT2D eigenvalue weighted by Gasteiger charge is -2.36. The van der Waals surface area contributed by atoms with E-state index >= 15 is 0 Å². The standard InChI is InChI=1S/C15H23ClN2/c1-12-7-8-13(2)18(11-12)10-9-17-15-6-4-3-5-14(15)16/h3-6,12-13,17H,7-11H2,1-2H3. The van der Waals surface area contributed by atoms with Crippen LogP contribution in [0.5, 0.6) is 0 Å². The summed E-state index contributed by atoms with van der Waals surface area (Å²) in [6.07, 6.45) is 2.70. The van der Waals surface area contributed by atoms with Crippen LogP contribution in [0.4, 0.5) is 5.69 Å². The molecule has 2 unspecified atom stereocenters. The van der Waals surface area contributed by atoms with Crippen LogP contribution in [-0.2, 0) is 0 Å². The van der Waals surface area contributed by atoms with E-state index in [2.05, 4.69) is 24.1 Å². The molecule has 0 bridgehead atoms. The molecule has 2 atom stereocenters. The highest BCUT2D eigenvalue weighted by Crippen LogP contribution is 2.22. The lowest BCUT2D eigenvalue weighted by Crippen LogP contribution is -2.43. The fourth-order valence-corrected chi connectivity index (χ4v) is 2.83. The summed E-state index contributed by atoms with van der Waals surface area (Å²) in [5.41, 5.74) is 1.04. The highest BCUT2D eigenvalue weighted by molar-refractivity contribution is 6.33. The number of likely N-dealkylation sites (tertiary alicyclic amines) is 1. The maximum absolute atomic E-state index is 6.12. The number of halogens is 1. The normalized spacial score (nSPS) is 25.1. The first-order chi connectivity index (χ1) is 8.66. The minimum atomic E-state index is 0.717. The third-order valence-electron chi connectivity index (χ3n) is 3.84. The van der Waals surface area contributed by atoms with E-state index < -0.39 is 0 Å². The Morgan fingerprint density at radius 3 is 2.83 bits per heavy atom. The summed E-state index contributed by atoms with van der Waals surface area (Å²) >= 11 is 6.12. The molecule has 100 valence electrons. The van der Waals surface area contributed by atoms with Gasteiger partial charge in [-0.1, -0.05) is 30.7 Å². The average Bonchev–Trinajstić information content (AvgIpc) is 2.36. The molecule has 0 saturated carbocycles. The van der Waals surface area contributed by atoms with Crippen molar-refractivity contribution in [2.24, 2.45) is 5.92 Å². The molecule has 1 N–H and O–H groups in total. The predicted octanol–water partition coefficient (Wildman–Crippen LogP) is 3.87. The number of hydrogen-bond donors (Lipinski definition) is 1. The van der Waals surface area contributed by atoms with Gasteiger partial charge in [0.15, 0.2) is 0 Å². The van der Waals surface area contributed by atoms with Crippen LogP contribution >= 0.6 is 11.6 Å². The van der Waals surface area contributed by atoms with Crippen LogP contribution in [0.2, 0.25) is 5.02 Å². The number of hydrogen-bond acceptors (Lipinski definition) is 2. The Bertz CT molecular complexity index is 381. The number of nitrogens with one attached hydrogen (secondary N) is 1. The molecular weight excluding hydrogens is 244 g/mol. The summed E-state index contributed by atoms with van der Waals surface area (Å²) in [6.45, 7) is 7.96. The van der Waals surface area contributed by atoms with Gasteiger partial charge < -0.3 is 5.32 Å². The highest BCUT2D eigenvalue weighted by atomic mass is 35.5. The van der Waals surface area contributed by atoms with Crippen molar-refractivity contribution >= 4 is 17.3 Å². The van der Waals surface area contributed by atoms with E-state index in [1.165, 1.54) is 19.4 Å². The van der Waals surface area contributed by atoms with E-state index in [4.69, 9.17) is 11.6 Å². The second-order valence-corrected chi connectivity index (χ2v) is 5.84. The van der Waals surface area contributed by atoms with Gasteiger partial charge in [0, 0.05) is 25.7 Å². The van der Waals surface area contributed by atoms with Crippen LogP contribution in [0.15, 0.2) is 24.3 Å². The summed E-state index contributed by atoms with van der Waals surface area (Å²) in [5, 5.41) is 4.23. The van der Waals surface area contributed by atoms with E-state index in [1.807, 2.05) is 24.3 Å². The minimum absolute atomic E-state index is 0.717. The molecule has 2 rings (SSSR count). The van der Waals surface area contributed by atoms with Gasteiger partial charge in [-0.25, -0.2) is 0 Å². The highest BCUT2D eigenvalue weighted by Gasteiger charge is 2.21. The fourth-order valence-electron chi connectivity index (χ4n) is 2.63. The summed E-state index contributed by atoms with van der Waals surface area (Å²) in [7, 11) is 0. The Morgan fingerprint density at radius 2 is 2.06 bits per heavy atom. The first kappa shape index (κ1) is 13.7. The zero-order valence-electron chi connectivity index (χ0n) is 11.3.